The van der Waals surface area contributed by atoms with Crippen LogP contribution in [0.2, 0.25) is 0 Å². The Kier molecular flexibility index (Phi) is 2.25. The smallest absolute Gasteiger partial charge is 0.0196 e. The molecule has 2 fully saturated rings. The van der Waals surface area contributed by atoms with Gasteiger partial charge in [0.05, 0.1) is 0 Å². The molecule has 0 aromatic rings. The molecule has 3 aliphatic carbocycles. The van der Waals surface area contributed by atoms with Gasteiger partial charge in [0.15, 0.2) is 0 Å². The summed E-state index contributed by atoms with van der Waals surface area (Å²) in [6.45, 7) is 4.00. The van der Waals surface area contributed by atoms with Crippen molar-refractivity contribution in [2.24, 2.45) is 23.7 Å². The van der Waals surface area contributed by atoms with Gasteiger partial charge in [-0.1, -0.05) is 32.4 Å². The fraction of sp³-hybridized carbons (Fsp3) is 0.833. The number of allylic oxidation sites excluding steroid dienone is 2. The molecular formula is C12H20. The van der Waals surface area contributed by atoms with Gasteiger partial charge in [0, 0.05) is 0 Å². The maximum atomic E-state index is 2.48. The van der Waals surface area contributed by atoms with Crippen molar-refractivity contribution < 1.29 is 0 Å². The Morgan fingerprint density at radius 2 is 1.42 bits per heavy atom. The van der Waals surface area contributed by atoms with Crippen LogP contribution in [0.1, 0.15) is 39.5 Å². The fourth-order valence-corrected chi connectivity index (χ4v) is 3.47. The lowest BCUT2D eigenvalue weighted by molar-refractivity contribution is 0.364. The van der Waals surface area contributed by atoms with Gasteiger partial charge in [-0.25, -0.2) is 0 Å². The van der Waals surface area contributed by atoms with E-state index in [1.54, 1.807) is 0 Å². The summed E-state index contributed by atoms with van der Waals surface area (Å²) in [5.74, 6) is 4.26. The van der Waals surface area contributed by atoms with Crippen LogP contribution in [-0.4, -0.2) is 0 Å². The molecule has 0 heterocycles. The van der Waals surface area contributed by atoms with E-state index in [2.05, 4.69) is 12.2 Å². The molecule has 0 radical (unpaired) electrons. The van der Waals surface area contributed by atoms with Gasteiger partial charge < -0.3 is 0 Å². The normalized spacial score (nSPS) is 47.2. The molecular weight excluding hydrogens is 144 g/mol. The average molecular weight is 164 g/mol. The molecule has 0 N–H and O–H groups in total. The van der Waals surface area contributed by atoms with E-state index < -0.39 is 0 Å². The quantitative estimate of drug-likeness (QED) is 0.479. The number of hydrogen-bond acceptors (Lipinski definition) is 0. The average Bonchev–Trinajstić information content (AvgIpc) is 2.81. The topological polar surface area (TPSA) is 0 Å². The van der Waals surface area contributed by atoms with Crippen LogP contribution in [-0.2, 0) is 0 Å². The zero-order chi connectivity index (χ0) is 8.55. The molecule has 0 saturated heterocycles. The number of hydrogen-bond donors (Lipinski definition) is 0. The van der Waals surface area contributed by atoms with E-state index in [1.165, 1.54) is 25.7 Å². The van der Waals surface area contributed by atoms with Gasteiger partial charge in [0.1, 0.15) is 0 Å². The lowest BCUT2D eigenvalue weighted by atomic mass is 9.86. The van der Waals surface area contributed by atoms with E-state index >= 15 is 0 Å². The minimum Gasteiger partial charge on any atom is -0.0848 e. The van der Waals surface area contributed by atoms with Crippen LogP contribution in [0.4, 0.5) is 0 Å². The summed E-state index contributed by atoms with van der Waals surface area (Å²) in [7, 11) is 0. The summed E-state index contributed by atoms with van der Waals surface area (Å²) in [5.41, 5.74) is 0. The zero-order valence-corrected chi connectivity index (χ0v) is 8.29. The largest absolute Gasteiger partial charge is 0.0848 e. The molecule has 0 spiro atoms. The molecule has 0 aliphatic heterocycles. The monoisotopic (exact) mass is 164 g/mol. The minimum atomic E-state index is 1.01. The van der Waals surface area contributed by atoms with Crippen molar-refractivity contribution in [2.45, 2.75) is 39.5 Å². The Balaban J connectivity index is 0.000000264. The Hall–Kier alpha value is -0.260. The van der Waals surface area contributed by atoms with Crippen molar-refractivity contribution in [1.29, 1.82) is 0 Å². The highest BCUT2D eigenvalue weighted by molar-refractivity contribution is 5.14. The van der Waals surface area contributed by atoms with Crippen molar-refractivity contribution in [3.8, 4) is 0 Å². The lowest BCUT2D eigenvalue weighted by Crippen LogP contribution is -2.12. The van der Waals surface area contributed by atoms with E-state index in [-0.39, 0.29) is 0 Å². The van der Waals surface area contributed by atoms with E-state index in [0.717, 1.165) is 23.7 Å². The standard InChI is InChI=1S/C10H14.C2H6/c1-2-9-7-4-5-8(6-7)10(9)3-1;1-2/h4-5,7-10H,1-3,6H2;1-2H3. The van der Waals surface area contributed by atoms with Crippen LogP contribution < -0.4 is 0 Å². The van der Waals surface area contributed by atoms with Crippen LogP contribution >= 0.6 is 0 Å². The molecule has 0 amide bonds. The SMILES string of the molecule is C1=CC2CC1C1CCCC21.CC. The van der Waals surface area contributed by atoms with E-state index in [9.17, 15) is 0 Å². The number of fused-ring (bicyclic) bond motifs is 5. The molecule has 4 unspecified atom stereocenters. The van der Waals surface area contributed by atoms with Gasteiger partial charge in [-0.15, -0.1) is 0 Å². The van der Waals surface area contributed by atoms with Crippen molar-refractivity contribution in [3.63, 3.8) is 0 Å². The Morgan fingerprint density at radius 3 is 1.92 bits per heavy atom. The van der Waals surface area contributed by atoms with Gasteiger partial charge in [-0.2, -0.15) is 0 Å². The van der Waals surface area contributed by atoms with Crippen molar-refractivity contribution in [2.75, 3.05) is 0 Å². The molecule has 2 saturated carbocycles. The second-order valence-electron chi connectivity index (χ2n) is 4.21. The van der Waals surface area contributed by atoms with Crippen molar-refractivity contribution in [1.82, 2.24) is 0 Å². The van der Waals surface area contributed by atoms with Crippen LogP contribution in [0.3, 0.4) is 0 Å². The first-order valence-corrected chi connectivity index (χ1v) is 5.63. The van der Waals surface area contributed by atoms with Gasteiger partial charge in [-0.05, 0) is 42.9 Å². The van der Waals surface area contributed by atoms with Crippen LogP contribution in [0.15, 0.2) is 12.2 Å². The Morgan fingerprint density at radius 1 is 0.917 bits per heavy atom. The maximum Gasteiger partial charge on any atom is -0.0196 e. The first-order chi connectivity index (χ1) is 5.95. The molecule has 0 aromatic carbocycles. The fourth-order valence-electron chi connectivity index (χ4n) is 3.47. The van der Waals surface area contributed by atoms with Gasteiger partial charge >= 0.3 is 0 Å². The van der Waals surface area contributed by atoms with Gasteiger partial charge in [0.25, 0.3) is 0 Å². The van der Waals surface area contributed by atoms with Crippen LogP contribution in [0, 0.1) is 23.7 Å². The summed E-state index contributed by atoms with van der Waals surface area (Å²) in [6.07, 6.45) is 11.1. The highest BCUT2D eigenvalue weighted by atomic mass is 14.5. The van der Waals surface area contributed by atoms with Gasteiger partial charge in [-0.3, -0.25) is 0 Å². The van der Waals surface area contributed by atoms with E-state index in [4.69, 9.17) is 0 Å². The first-order valence-electron chi connectivity index (χ1n) is 5.63. The molecule has 68 valence electrons. The second kappa shape index (κ2) is 3.24. The summed E-state index contributed by atoms with van der Waals surface area (Å²) in [4.78, 5) is 0. The summed E-state index contributed by atoms with van der Waals surface area (Å²) in [5, 5.41) is 0. The maximum absolute atomic E-state index is 2.48. The summed E-state index contributed by atoms with van der Waals surface area (Å²) < 4.78 is 0. The lowest BCUT2D eigenvalue weighted by Gasteiger charge is -2.19. The first kappa shape index (κ1) is 8.34. The molecule has 0 heteroatoms. The third kappa shape index (κ3) is 1.04. The highest BCUT2D eigenvalue weighted by Gasteiger charge is 2.46. The molecule has 3 rings (SSSR count). The van der Waals surface area contributed by atoms with E-state index in [1.807, 2.05) is 13.8 Å². The third-order valence-electron chi connectivity index (χ3n) is 3.87. The summed E-state index contributed by atoms with van der Waals surface area (Å²) >= 11 is 0. The molecule has 3 aliphatic rings. The van der Waals surface area contributed by atoms with Gasteiger partial charge in [0.2, 0.25) is 0 Å². The van der Waals surface area contributed by atoms with E-state index in [0.29, 0.717) is 0 Å². The Bertz CT molecular complexity index is 162. The molecule has 0 nitrogen and oxygen atoms in total. The molecule has 4 atom stereocenters. The Labute approximate surface area is 76.1 Å². The number of rotatable bonds is 0. The van der Waals surface area contributed by atoms with Crippen LogP contribution in [0.5, 0.6) is 0 Å². The highest BCUT2D eigenvalue weighted by Crippen LogP contribution is 2.55. The predicted octanol–water partition coefficient (Wildman–Crippen LogP) is 3.63. The third-order valence-corrected chi connectivity index (χ3v) is 3.87. The van der Waals surface area contributed by atoms with Crippen molar-refractivity contribution >= 4 is 0 Å². The van der Waals surface area contributed by atoms with Crippen LogP contribution in [0.25, 0.3) is 0 Å². The van der Waals surface area contributed by atoms with Crippen molar-refractivity contribution in [3.05, 3.63) is 12.2 Å². The zero-order valence-electron chi connectivity index (χ0n) is 8.29. The molecule has 0 aromatic heterocycles. The predicted molar refractivity (Wildman–Crippen MR) is 52.9 cm³/mol. The molecule has 12 heavy (non-hydrogen) atoms. The summed E-state index contributed by atoms with van der Waals surface area (Å²) in [6, 6.07) is 0. The minimum absolute atomic E-state index is 1.01. The molecule has 2 bridgehead atoms. The second-order valence-corrected chi connectivity index (χ2v) is 4.21.